The highest BCUT2D eigenvalue weighted by molar-refractivity contribution is 7.99. The number of anilines is 1. The van der Waals surface area contributed by atoms with Crippen molar-refractivity contribution in [3.8, 4) is 0 Å². The number of thiol groups is 3. The Hall–Kier alpha value is 0.420. The van der Waals surface area contributed by atoms with Crippen molar-refractivity contribution in [3.63, 3.8) is 0 Å². The highest BCUT2D eigenvalue weighted by atomic mass is 32.2. The lowest BCUT2D eigenvalue weighted by molar-refractivity contribution is 1.10. The molecule has 0 fully saturated rings. The summed E-state index contributed by atoms with van der Waals surface area (Å²) in [5.74, 6) is 0. The van der Waals surface area contributed by atoms with E-state index in [4.69, 9.17) is 0 Å². The van der Waals surface area contributed by atoms with Gasteiger partial charge in [0.1, 0.15) is 0 Å². The Morgan fingerprint density at radius 1 is 1.23 bits per heavy atom. The average Bonchev–Trinajstić information content (AvgIpc) is 2.10. The number of hydrogen-bond acceptors (Lipinski definition) is 5. The molecule has 0 aliphatic carbocycles. The van der Waals surface area contributed by atoms with Gasteiger partial charge in [0.15, 0.2) is 0 Å². The smallest absolute Gasteiger partial charge is 0.0633 e. The third-order valence-electron chi connectivity index (χ3n) is 1.67. The van der Waals surface area contributed by atoms with Crippen LogP contribution in [0.2, 0.25) is 0 Å². The van der Waals surface area contributed by atoms with E-state index in [0.29, 0.717) is 0 Å². The Bertz CT molecular complexity index is 324. The van der Waals surface area contributed by atoms with Gasteiger partial charge in [-0.05, 0) is 12.3 Å². The van der Waals surface area contributed by atoms with E-state index in [0.717, 1.165) is 25.3 Å². The van der Waals surface area contributed by atoms with Gasteiger partial charge in [0.25, 0.3) is 0 Å². The molecule has 1 nitrogen and oxygen atoms in total. The molecule has 0 spiro atoms. The topological polar surface area (TPSA) is 12.0 Å². The standard InChI is InChI=1S/C8H11NS4/c1-9-6-7(12)4(10)3-5(11)8(6)13-2/h3,9-12H,1-2H3. The molecule has 5 heteroatoms. The van der Waals surface area contributed by atoms with Crippen molar-refractivity contribution in [3.05, 3.63) is 6.07 Å². The number of rotatable bonds is 2. The molecule has 72 valence electrons. The Morgan fingerprint density at radius 2 is 1.85 bits per heavy atom. The van der Waals surface area contributed by atoms with Crippen LogP contribution in [0.3, 0.4) is 0 Å². The second-order valence-electron chi connectivity index (χ2n) is 2.42. The average molecular weight is 249 g/mol. The fraction of sp³-hybridized carbons (Fsp3) is 0.250. The predicted octanol–water partition coefficient (Wildman–Crippen LogP) is 3.32. The van der Waals surface area contributed by atoms with Crippen molar-refractivity contribution in [2.75, 3.05) is 18.6 Å². The molecule has 0 heterocycles. The maximum Gasteiger partial charge on any atom is 0.0633 e. The van der Waals surface area contributed by atoms with Gasteiger partial charge in [-0.15, -0.1) is 49.6 Å². The van der Waals surface area contributed by atoms with Crippen LogP contribution in [0.25, 0.3) is 0 Å². The number of nitrogens with one attached hydrogen (secondary N) is 1. The minimum atomic E-state index is 0.843. The van der Waals surface area contributed by atoms with Gasteiger partial charge in [0, 0.05) is 26.6 Å². The molecule has 0 atom stereocenters. The molecule has 0 radical (unpaired) electrons. The molecule has 0 unspecified atom stereocenters. The molecular formula is C8H11NS4. The number of thioether (sulfide) groups is 1. The molecule has 1 aromatic carbocycles. The predicted molar refractivity (Wildman–Crippen MR) is 69.5 cm³/mol. The second-order valence-corrected chi connectivity index (χ2v) is 4.65. The Kier molecular flexibility index (Phi) is 4.22. The summed E-state index contributed by atoms with van der Waals surface area (Å²) in [6.07, 6.45) is 2.02. The molecule has 0 saturated heterocycles. The Morgan fingerprint density at radius 3 is 2.31 bits per heavy atom. The SMILES string of the molecule is CNc1c(S)c(S)cc(S)c1SC. The summed E-state index contributed by atoms with van der Waals surface area (Å²) < 4.78 is 0. The van der Waals surface area contributed by atoms with Crippen molar-refractivity contribution in [1.82, 2.24) is 0 Å². The molecule has 0 saturated carbocycles. The van der Waals surface area contributed by atoms with E-state index in [1.54, 1.807) is 11.8 Å². The van der Waals surface area contributed by atoms with Gasteiger partial charge in [0.05, 0.1) is 5.69 Å². The van der Waals surface area contributed by atoms with E-state index >= 15 is 0 Å². The van der Waals surface area contributed by atoms with Gasteiger partial charge in [-0.1, -0.05) is 0 Å². The summed E-state index contributed by atoms with van der Waals surface area (Å²) in [5.41, 5.74) is 0.994. The van der Waals surface area contributed by atoms with E-state index in [1.165, 1.54) is 0 Å². The van der Waals surface area contributed by atoms with Crippen LogP contribution in [0, 0.1) is 0 Å². The van der Waals surface area contributed by atoms with Crippen LogP contribution in [0.4, 0.5) is 5.69 Å². The maximum absolute atomic E-state index is 4.38. The summed E-state index contributed by atoms with van der Waals surface area (Å²) in [5, 5.41) is 3.10. The van der Waals surface area contributed by atoms with E-state index < -0.39 is 0 Å². The van der Waals surface area contributed by atoms with Gasteiger partial charge in [-0.3, -0.25) is 0 Å². The lowest BCUT2D eigenvalue weighted by Crippen LogP contribution is -1.94. The lowest BCUT2D eigenvalue weighted by Gasteiger charge is -2.13. The van der Waals surface area contributed by atoms with Gasteiger partial charge in [-0.2, -0.15) is 0 Å². The highest BCUT2D eigenvalue weighted by Crippen LogP contribution is 2.39. The summed E-state index contributed by atoms with van der Waals surface area (Å²) in [4.78, 5) is 3.75. The monoisotopic (exact) mass is 249 g/mol. The van der Waals surface area contributed by atoms with Crippen LogP contribution < -0.4 is 5.32 Å². The molecule has 0 amide bonds. The highest BCUT2D eigenvalue weighted by Gasteiger charge is 2.10. The van der Waals surface area contributed by atoms with Gasteiger partial charge >= 0.3 is 0 Å². The minimum Gasteiger partial charge on any atom is -0.386 e. The lowest BCUT2D eigenvalue weighted by atomic mass is 10.3. The van der Waals surface area contributed by atoms with Crippen LogP contribution in [0.1, 0.15) is 0 Å². The van der Waals surface area contributed by atoms with Crippen LogP contribution in [-0.4, -0.2) is 13.3 Å². The summed E-state index contributed by atoms with van der Waals surface area (Å²) in [6.45, 7) is 0. The van der Waals surface area contributed by atoms with Crippen molar-refractivity contribution in [2.45, 2.75) is 19.6 Å². The van der Waals surface area contributed by atoms with Crippen LogP contribution in [0.15, 0.2) is 25.6 Å². The zero-order valence-corrected chi connectivity index (χ0v) is 10.8. The third kappa shape index (κ3) is 2.26. The third-order valence-corrected chi connectivity index (χ3v) is 4.00. The fourth-order valence-corrected chi connectivity index (χ4v) is 2.96. The first-order chi connectivity index (χ1) is 6.11. The van der Waals surface area contributed by atoms with Gasteiger partial charge in [-0.25, -0.2) is 0 Å². The first-order valence-electron chi connectivity index (χ1n) is 3.61. The molecule has 0 aromatic heterocycles. The Labute approximate surface area is 99.3 Å². The normalized spacial score (nSPS) is 10.2. The number of benzene rings is 1. The largest absolute Gasteiger partial charge is 0.386 e. The van der Waals surface area contributed by atoms with Crippen LogP contribution >= 0.6 is 49.6 Å². The van der Waals surface area contributed by atoms with Crippen molar-refractivity contribution in [2.24, 2.45) is 0 Å². The van der Waals surface area contributed by atoms with Crippen LogP contribution in [-0.2, 0) is 0 Å². The van der Waals surface area contributed by atoms with E-state index in [1.807, 2.05) is 19.4 Å². The minimum absolute atomic E-state index is 0.843. The molecule has 0 aliphatic rings. The molecular weight excluding hydrogens is 238 g/mol. The van der Waals surface area contributed by atoms with Gasteiger partial charge < -0.3 is 5.32 Å². The molecule has 1 aromatic rings. The maximum atomic E-state index is 4.38. The quantitative estimate of drug-likeness (QED) is 0.474. The van der Waals surface area contributed by atoms with E-state index in [9.17, 15) is 0 Å². The zero-order chi connectivity index (χ0) is 10.0. The second kappa shape index (κ2) is 4.77. The zero-order valence-electron chi connectivity index (χ0n) is 7.33. The van der Waals surface area contributed by atoms with E-state index in [-0.39, 0.29) is 0 Å². The van der Waals surface area contributed by atoms with Crippen LogP contribution in [0.5, 0.6) is 0 Å². The first-order valence-corrected chi connectivity index (χ1v) is 6.18. The van der Waals surface area contributed by atoms with Crippen molar-refractivity contribution >= 4 is 55.3 Å². The molecule has 1 rings (SSSR count). The summed E-state index contributed by atoms with van der Waals surface area (Å²) >= 11 is 14.7. The van der Waals surface area contributed by atoms with Crippen molar-refractivity contribution in [1.29, 1.82) is 0 Å². The Balaban J connectivity index is 3.41. The molecule has 13 heavy (non-hydrogen) atoms. The fourth-order valence-electron chi connectivity index (χ4n) is 1.07. The van der Waals surface area contributed by atoms with E-state index in [2.05, 4.69) is 43.2 Å². The number of hydrogen-bond donors (Lipinski definition) is 4. The summed E-state index contributed by atoms with van der Waals surface area (Å²) in [6, 6.07) is 1.90. The molecule has 0 aliphatic heterocycles. The summed E-state index contributed by atoms with van der Waals surface area (Å²) in [7, 11) is 1.87. The van der Waals surface area contributed by atoms with Gasteiger partial charge in [0.2, 0.25) is 0 Å². The molecule has 0 bridgehead atoms. The molecule has 1 N–H and O–H groups in total. The van der Waals surface area contributed by atoms with Crippen molar-refractivity contribution < 1.29 is 0 Å². The first kappa shape index (κ1) is 11.5.